The Hall–Kier alpha value is -1.59. The van der Waals surface area contributed by atoms with Crippen LogP contribution in [0.15, 0.2) is 24.3 Å². The first-order valence-corrected chi connectivity index (χ1v) is 10.9. The monoisotopic (exact) mass is 386 g/mol. The predicted molar refractivity (Wildman–Crippen MR) is 109 cm³/mol. The molecule has 3 aliphatic heterocycles. The number of carbonyl (C=O) groups excluding carboxylic acids is 1. The first kappa shape index (κ1) is 19.7. The molecule has 0 radical (unpaired) electrons. The number of phenols is 1. The number of piperidine rings is 2. The van der Waals surface area contributed by atoms with E-state index >= 15 is 0 Å². The Morgan fingerprint density at radius 1 is 1.21 bits per heavy atom. The number of rotatable bonds is 4. The Labute approximate surface area is 168 Å². The van der Waals surface area contributed by atoms with E-state index in [1.807, 2.05) is 17.0 Å². The van der Waals surface area contributed by atoms with Gasteiger partial charge < -0.3 is 19.6 Å². The van der Waals surface area contributed by atoms with E-state index in [1.54, 1.807) is 12.1 Å². The van der Waals surface area contributed by atoms with Crippen LogP contribution in [0.4, 0.5) is 0 Å². The van der Waals surface area contributed by atoms with Gasteiger partial charge in [-0.2, -0.15) is 0 Å². The Balaban J connectivity index is 1.24. The second-order valence-electron chi connectivity index (χ2n) is 9.37. The second kappa shape index (κ2) is 8.42. The van der Waals surface area contributed by atoms with Crippen molar-refractivity contribution in [2.24, 2.45) is 11.3 Å². The van der Waals surface area contributed by atoms with Crippen molar-refractivity contribution < 1.29 is 14.6 Å². The van der Waals surface area contributed by atoms with Crippen LogP contribution in [0.3, 0.4) is 0 Å². The molecule has 1 N–H and O–H groups in total. The molecule has 3 aliphatic rings. The average molecular weight is 387 g/mol. The number of aromatic hydroxyl groups is 1. The zero-order valence-electron chi connectivity index (χ0n) is 17.1. The highest BCUT2D eigenvalue weighted by Gasteiger charge is 2.43. The summed E-state index contributed by atoms with van der Waals surface area (Å²) in [5.74, 6) is 1.25. The highest BCUT2D eigenvalue weighted by atomic mass is 16.5. The lowest BCUT2D eigenvalue weighted by Crippen LogP contribution is -2.44. The third-order valence-electron chi connectivity index (χ3n) is 6.96. The molecule has 1 amide bonds. The summed E-state index contributed by atoms with van der Waals surface area (Å²) in [4.78, 5) is 17.2. The van der Waals surface area contributed by atoms with E-state index in [0.29, 0.717) is 12.5 Å². The molecule has 28 heavy (non-hydrogen) atoms. The van der Waals surface area contributed by atoms with Gasteiger partial charge in [-0.25, -0.2) is 0 Å². The molecule has 5 heteroatoms. The van der Waals surface area contributed by atoms with Gasteiger partial charge in [0.25, 0.3) is 0 Å². The third-order valence-corrected chi connectivity index (χ3v) is 6.96. The Kier molecular flexibility index (Phi) is 5.93. The average Bonchev–Trinajstić information content (AvgIpc) is 3.06. The van der Waals surface area contributed by atoms with Crippen LogP contribution in [0.25, 0.3) is 0 Å². The summed E-state index contributed by atoms with van der Waals surface area (Å²) in [6.07, 6.45) is 6.72. The minimum Gasteiger partial charge on any atom is -0.508 e. The summed E-state index contributed by atoms with van der Waals surface area (Å²) < 4.78 is 6.22. The van der Waals surface area contributed by atoms with Gasteiger partial charge in [0.1, 0.15) is 5.75 Å². The maximum absolute atomic E-state index is 12.6. The molecule has 0 aromatic heterocycles. The van der Waals surface area contributed by atoms with Gasteiger partial charge in [0.2, 0.25) is 5.91 Å². The molecule has 1 aromatic rings. The first-order chi connectivity index (χ1) is 13.5. The summed E-state index contributed by atoms with van der Waals surface area (Å²) in [6, 6.07) is 6.95. The van der Waals surface area contributed by atoms with Crippen molar-refractivity contribution in [2.75, 3.05) is 39.3 Å². The Bertz CT molecular complexity index is 667. The standard InChI is InChI=1S/C23H34N2O3/c1-18-3-2-10-24(15-18)16-21-14-23(17-28-21)8-11-25(12-9-23)22(27)13-19-4-6-20(26)7-5-19/h4-7,18,21,26H,2-3,8-17H2,1H3/t18-,21-/m0/s1. The lowest BCUT2D eigenvalue weighted by molar-refractivity contribution is -0.132. The number of hydrogen-bond acceptors (Lipinski definition) is 4. The quantitative estimate of drug-likeness (QED) is 0.864. The lowest BCUT2D eigenvalue weighted by atomic mass is 9.76. The van der Waals surface area contributed by atoms with Crippen LogP contribution in [0.2, 0.25) is 0 Å². The van der Waals surface area contributed by atoms with E-state index in [1.165, 1.54) is 25.9 Å². The van der Waals surface area contributed by atoms with Gasteiger partial charge in [-0.1, -0.05) is 19.1 Å². The number of likely N-dealkylation sites (tertiary alicyclic amines) is 2. The molecule has 5 nitrogen and oxygen atoms in total. The SMILES string of the molecule is C[C@H]1CCCN(C[C@@H]2CC3(CCN(C(=O)Cc4ccc(O)cc4)CC3)CO2)C1. The van der Waals surface area contributed by atoms with Crippen LogP contribution in [-0.2, 0) is 16.0 Å². The molecule has 0 saturated carbocycles. The van der Waals surface area contributed by atoms with Crippen molar-refractivity contribution in [1.29, 1.82) is 0 Å². The summed E-state index contributed by atoms with van der Waals surface area (Å²) in [5, 5.41) is 9.38. The number of ether oxygens (including phenoxy) is 1. The number of phenolic OH excluding ortho intramolecular Hbond substituents is 1. The second-order valence-corrected chi connectivity index (χ2v) is 9.37. The van der Waals surface area contributed by atoms with Gasteiger partial charge in [-0.3, -0.25) is 4.79 Å². The smallest absolute Gasteiger partial charge is 0.226 e. The van der Waals surface area contributed by atoms with E-state index in [0.717, 1.165) is 57.0 Å². The van der Waals surface area contributed by atoms with E-state index in [-0.39, 0.29) is 17.1 Å². The predicted octanol–water partition coefficient (Wildman–Crippen LogP) is 3.06. The zero-order chi connectivity index (χ0) is 19.6. The molecule has 3 saturated heterocycles. The van der Waals surface area contributed by atoms with Gasteiger partial charge in [0.15, 0.2) is 0 Å². The molecule has 0 unspecified atom stereocenters. The molecular weight excluding hydrogens is 352 g/mol. The van der Waals surface area contributed by atoms with Crippen LogP contribution in [0.1, 0.15) is 44.6 Å². The Morgan fingerprint density at radius 3 is 2.68 bits per heavy atom. The molecule has 3 heterocycles. The molecule has 3 fully saturated rings. The minimum atomic E-state index is 0.193. The first-order valence-electron chi connectivity index (χ1n) is 10.9. The number of hydrogen-bond donors (Lipinski definition) is 1. The van der Waals surface area contributed by atoms with Crippen molar-refractivity contribution >= 4 is 5.91 Å². The molecule has 0 bridgehead atoms. The molecule has 154 valence electrons. The van der Waals surface area contributed by atoms with Crippen LogP contribution < -0.4 is 0 Å². The number of carbonyl (C=O) groups is 1. The van der Waals surface area contributed by atoms with Crippen molar-refractivity contribution in [3.63, 3.8) is 0 Å². The van der Waals surface area contributed by atoms with E-state index in [9.17, 15) is 9.90 Å². The highest BCUT2D eigenvalue weighted by molar-refractivity contribution is 5.78. The van der Waals surface area contributed by atoms with E-state index < -0.39 is 0 Å². The summed E-state index contributed by atoms with van der Waals surface area (Å²) in [6.45, 7) is 8.41. The fourth-order valence-electron chi connectivity index (χ4n) is 5.23. The molecule has 2 atom stereocenters. The molecule has 1 aromatic carbocycles. The molecular formula is C23H34N2O3. The van der Waals surface area contributed by atoms with Crippen molar-refractivity contribution in [3.8, 4) is 5.75 Å². The maximum atomic E-state index is 12.6. The third kappa shape index (κ3) is 4.69. The van der Waals surface area contributed by atoms with Crippen molar-refractivity contribution in [1.82, 2.24) is 9.80 Å². The topological polar surface area (TPSA) is 53.0 Å². The van der Waals surface area contributed by atoms with Gasteiger partial charge in [0, 0.05) is 26.2 Å². The van der Waals surface area contributed by atoms with Gasteiger partial charge >= 0.3 is 0 Å². The number of amides is 1. The van der Waals surface area contributed by atoms with Crippen molar-refractivity contribution in [2.45, 2.75) is 51.6 Å². The fourth-order valence-corrected chi connectivity index (χ4v) is 5.23. The van der Waals surface area contributed by atoms with Crippen molar-refractivity contribution in [3.05, 3.63) is 29.8 Å². The molecule has 1 spiro atoms. The molecule has 4 rings (SSSR count). The molecule has 0 aliphatic carbocycles. The van der Waals surface area contributed by atoms with Crippen LogP contribution >= 0.6 is 0 Å². The summed E-state index contributed by atoms with van der Waals surface area (Å²) >= 11 is 0. The zero-order valence-corrected chi connectivity index (χ0v) is 17.1. The van der Waals surface area contributed by atoms with Gasteiger partial charge in [-0.05, 0) is 67.7 Å². The fraction of sp³-hybridized carbons (Fsp3) is 0.696. The largest absolute Gasteiger partial charge is 0.508 e. The minimum absolute atomic E-state index is 0.193. The number of nitrogens with zero attached hydrogens (tertiary/aromatic N) is 2. The van der Waals surface area contributed by atoms with Crippen LogP contribution in [0, 0.1) is 11.3 Å². The number of benzene rings is 1. The lowest BCUT2D eigenvalue weighted by Gasteiger charge is -2.39. The van der Waals surface area contributed by atoms with Gasteiger partial charge in [-0.15, -0.1) is 0 Å². The highest BCUT2D eigenvalue weighted by Crippen LogP contribution is 2.42. The van der Waals surface area contributed by atoms with Crippen LogP contribution in [0.5, 0.6) is 5.75 Å². The Morgan fingerprint density at radius 2 is 1.96 bits per heavy atom. The maximum Gasteiger partial charge on any atom is 0.226 e. The summed E-state index contributed by atoms with van der Waals surface area (Å²) in [7, 11) is 0. The van der Waals surface area contributed by atoms with Gasteiger partial charge in [0.05, 0.1) is 19.1 Å². The van der Waals surface area contributed by atoms with Crippen LogP contribution in [-0.4, -0.2) is 66.2 Å². The van der Waals surface area contributed by atoms with E-state index in [4.69, 9.17) is 4.74 Å². The normalized spacial score (nSPS) is 28.0. The summed E-state index contributed by atoms with van der Waals surface area (Å²) in [5.41, 5.74) is 1.24. The van der Waals surface area contributed by atoms with E-state index in [2.05, 4.69) is 11.8 Å².